The van der Waals surface area contributed by atoms with Crippen LogP contribution in [0, 0.1) is 0 Å². The summed E-state index contributed by atoms with van der Waals surface area (Å²) in [6.07, 6.45) is -9.01. The van der Waals surface area contributed by atoms with Crippen LogP contribution in [0.15, 0.2) is 0 Å². The van der Waals surface area contributed by atoms with Crippen molar-refractivity contribution in [2.24, 2.45) is 0 Å². The molecule has 0 aliphatic rings. The summed E-state index contributed by atoms with van der Waals surface area (Å²) in [5.74, 6) is -11.8. The van der Waals surface area contributed by atoms with Gasteiger partial charge in [-0.3, -0.25) is 0 Å². The molecule has 0 saturated heterocycles. The summed E-state index contributed by atoms with van der Waals surface area (Å²) in [5, 5.41) is 0. The molecule has 0 heterocycles. The first kappa shape index (κ1) is 13.7. The van der Waals surface area contributed by atoms with Crippen LogP contribution in [-0.4, -0.2) is 30.1 Å². The lowest BCUT2D eigenvalue weighted by molar-refractivity contribution is -0.288. The van der Waals surface area contributed by atoms with Gasteiger partial charge in [-0.05, 0) is 0 Å². The van der Waals surface area contributed by atoms with Crippen molar-refractivity contribution in [3.63, 3.8) is 0 Å². The van der Waals surface area contributed by atoms with E-state index >= 15 is 0 Å². The molecule has 0 aliphatic heterocycles. The van der Waals surface area contributed by atoms with Gasteiger partial charge in [0, 0.05) is 0 Å². The van der Waals surface area contributed by atoms with Crippen LogP contribution in [0.1, 0.15) is 0 Å². The first-order valence-electron chi connectivity index (χ1n) is 3.01. The molecular weight excluding hydrogens is 247 g/mol. The zero-order chi connectivity index (χ0) is 11.7. The van der Waals surface area contributed by atoms with Crippen LogP contribution in [-0.2, 0) is 0 Å². The van der Waals surface area contributed by atoms with Gasteiger partial charge in [0.25, 0.3) is 0 Å². The third-order valence-electron chi connectivity index (χ3n) is 1.29. The van der Waals surface area contributed by atoms with Crippen molar-refractivity contribution >= 4 is 11.6 Å². The highest BCUT2D eigenvalue weighted by Crippen LogP contribution is 2.44. The molecule has 0 nitrogen and oxygen atoms in total. The minimum atomic E-state index is -5.97. The maximum Gasteiger partial charge on any atom is 0.372 e. The highest BCUT2D eigenvalue weighted by molar-refractivity contribution is 6.20. The lowest BCUT2D eigenvalue weighted by Crippen LogP contribution is -2.54. The number of alkyl halides is 9. The summed E-state index contributed by atoms with van der Waals surface area (Å²) < 4.78 is 94.8. The van der Waals surface area contributed by atoms with Gasteiger partial charge >= 0.3 is 18.3 Å². The average Bonchev–Trinajstić information content (AvgIpc) is 2.01. The molecule has 2 unspecified atom stereocenters. The standard InChI is InChI=1S/C5H3ClF8/c6-2(8)1(7)4(11,12)5(13,14)3(9)10/h1-3H. The predicted octanol–water partition coefficient (Wildman–Crippen LogP) is 3.39. The lowest BCUT2D eigenvalue weighted by atomic mass is 10.1. The Morgan fingerprint density at radius 2 is 1.14 bits per heavy atom. The largest absolute Gasteiger partial charge is 0.372 e. The maximum atomic E-state index is 12.2. The van der Waals surface area contributed by atoms with Crippen molar-refractivity contribution in [1.82, 2.24) is 0 Å². The molecular formula is C5H3ClF8. The van der Waals surface area contributed by atoms with Crippen molar-refractivity contribution in [1.29, 1.82) is 0 Å². The molecule has 0 amide bonds. The van der Waals surface area contributed by atoms with Crippen molar-refractivity contribution < 1.29 is 35.1 Å². The summed E-state index contributed by atoms with van der Waals surface area (Å²) in [7, 11) is 0. The Labute approximate surface area is 77.8 Å². The van der Waals surface area contributed by atoms with Crippen LogP contribution < -0.4 is 0 Å². The van der Waals surface area contributed by atoms with Gasteiger partial charge in [-0.15, -0.1) is 0 Å². The smallest absolute Gasteiger partial charge is 0.236 e. The second kappa shape index (κ2) is 4.08. The van der Waals surface area contributed by atoms with Crippen molar-refractivity contribution in [3.8, 4) is 0 Å². The van der Waals surface area contributed by atoms with Gasteiger partial charge in [-0.2, -0.15) is 17.6 Å². The quantitative estimate of drug-likeness (QED) is 0.530. The van der Waals surface area contributed by atoms with Crippen molar-refractivity contribution in [3.05, 3.63) is 0 Å². The molecule has 86 valence electrons. The van der Waals surface area contributed by atoms with Gasteiger partial charge in [-0.25, -0.2) is 17.6 Å². The van der Waals surface area contributed by atoms with E-state index in [1.807, 2.05) is 0 Å². The molecule has 0 aromatic carbocycles. The summed E-state index contributed by atoms with van der Waals surface area (Å²) >= 11 is 4.12. The van der Waals surface area contributed by atoms with E-state index in [4.69, 9.17) is 0 Å². The lowest BCUT2D eigenvalue weighted by Gasteiger charge is -2.28. The third kappa shape index (κ3) is 2.21. The summed E-state index contributed by atoms with van der Waals surface area (Å²) in [5.41, 5.74) is -3.49. The molecule has 0 fully saturated rings. The molecule has 0 aliphatic carbocycles. The highest BCUT2D eigenvalue weighted by atomic mass is 35.5. The fourth-order valence-corrected chi connectivity index (χ4v) is 0.646. The number of halogens is 9. The van der Waals surface area contributed by atoms with Crippen LogP contribution in [0.25, 0.3) is 0 Å². The Hall–Kier alpha value is -0.270. The van der Waals surface area contributed by atoms with E-state index in [2.05, 4.69) is 11.6 Å². The summed E-state index contributed by atoms with van der Waals surface area (Å²) in [6.45, 7) is 0. The van der Waals surface area contributed by atoms with Gasteiger partial charge in [0.15, 0.2) is 0 Å². The van der Waals surface area contributed by atoms with Crippen LogP contribution >= 0.6 is 11.6 Å². The highest BCUT2D eigenvalue weighted by Gasteiger charge is 2.68. The van der Waals surface area contributed by atoms with Crippen LogP contribution in [0.2, 0.25) is 0 Å². The van der Waals surface area contributed by atoms with Crippen LogP contribution in [0.4, 0.5) is 35.1 Å². The monoisotopic (exact) mass is 250 g/mol. The predicted molar refractivity (Wildman–Crippen MR) is 31.5 cm³/mol. The fourth-order valence-electron chi connectivity index (χ4n) is 0.488. The Morgan fingerprint density at radius 1 is 0.786 bits per heavy atom. The maximum absolute atomic E-state index is 12.2. The molecule has 0 radical (unpaired) electrons. The number of rotatable bonds is 4. The number of hydrogen-bond acceptors (Lipinski definition) is 0. The van der Waals surface area contributed by atoms with Gasteiger partial charge in [0.05, 0.1) is 0 Å². The molecule has 9 heteroatoms. The van der Waals surface area contributed by atoms with E-state index in [1.54, 1.807) is 0 Å². The third-order valence-corrected chi connectivity index (χ3v) is 1.51. The average molecular weight is 251 g/mol. The summed E-state index contributed by atoms with van der Waals surface area (Å²) in [6, 6.07) is 0. The zero-order valence-corrected chi connectivity index (χ0v) is 6.89. The molecule has 0 rings (SSSR count). The molecule has 0 bridgehead atoms. The second-order valence-electron chi connectivity index (χ2n) is 2.28. The Bertz CT molecular complexity index is 190. The zero-order valence-electron chi connectivity index (χ0n) is 6.13. The first-order chi connectivity index (χ1) is 6.05. The van der Waals surface area contributed by atoms with Crippen LogP contribution in [0.3, 0.4) is 0 Å². The summed E-state index contributed by atoms with van der Waals surface area (Å²) in [4.78, 5) is 0. The first-order valence-corrected chi connectivity index (χ1v) is 3.44. The Balaban J connectivity index is 4.93. The fraction of sp³-hybridized carbons (Fsp3) is 1.00. The van der Waals surface area contributed by atoms with E-state index < -0.39 is 30.1 Å². The van der Waals surface area contributed by atoms with Gasteiger partial charge in [-0.1, -0.05) is 11.6 Å². The molecule has 0 aromatic heterocycles. The molecule has 0 saturated carbocycles. The second-order valence-corrected chi connectivity index (χ2v) is 2.70. The van der Waals surface area contributed by atoms with Gasteiger partial charge in [0.1, 0.15) is 0 Å². The van der Waals surface area contributed by atoms with Gasteiger partial charge in [0.2, 0.25) is 11.8 Å². The van der Waals surface area contributed by atoms with Crippen LogP contribution in [0.5, 0.6) is 0 Å². The Morgan fingerprint density at radius 3 is 1.36 bits per heavy atom. The van der Waals surface area contributed by atoms with E-state index in [0.717, 1.165) is 0 Å². The van der Waals surface area contributed by atoms with Crippen molar-refractivity contribution in [2.45, 2.75) is 30.1 Å². The van der Waals surface area contributed by atoms with Crippen molar-refractivity contribution in [2.75, 3.05) is 0 Å². The molecule has 2 atom stereocenters. The van der Waals surface area contributed by atoms with E-state index in [9.17, 15) is 35.1 Å². The van der Waals surface area contributed by atoms with E-state index in [1.165, 1.54) is 0 Å². The van der Waals surface area contributed by atoms with Gasteiger partial charge < -0.3 is 0 Å². The molecule has 0 N–H and O–H groups in total. The number of hydrogen-bond donors (Lipinski definition) is 0. The topological polar surface area (TPSA) is 0 Å². The normalized spacial score (nSPS) is 18.4. The molecule has 0 spiro atoms. The van der Waals surface area contributed by atoms with E-state index in [-0.39, 0.29) is 0 Å². The SMILES string of the molecule is FC(Cl)C(F)C(F)(F)C(F)(F)C(F)F. The molecule has 14 heavy (non-hydrogen) atoms. The minimum Gasteiger partial charge on any atom is -0.236 e. The minimum absolute atomic E-state index is 3.49. The van der Waals surface area contributed by atoms with E-state index in [0.29, 0.717) is 0 Å². The Kier molecular flexibility index (Phi) is 4.00. The molecule has 0 aromatic rings.